The van der Waals surface area contributed by atoms with Gasteiger partial charge in [0, 0.05) is 30.7 Å². The molecule has 2 N–H and O–H groups in total. The lowest BCUT2D eigenvalue weighted by molar-refractivity contribution is 0.803. The van der Waals surface area contributed by atoms with Gasteiger partial charge in [0.25, 0.3) is 0 Å². The van der Waals surface area contributed by atoms with Crippen LogP contribution in [0.25, 0.3) is 5.65 Å². The first kappa shape index (κ1) is 13.5. The number of fused-ring (bicyclic) bond motifs is 1. The molecule has 0 aromatic carbocycles. The number of imidazole rings is 1. The highest BCUT2D eigenvalue weighted by Gasteiger charge is 2.16. The van der Waals surface area contributed by atoms with Gasteiger partial charge in [0.05, 0.1) is 6.20 Å². The molecule has 1 aliphatic heterocycles. The van der Waals surface area contributed by atoms with E-state index in [0.29, 0.717) is 5.25 Å². The van der Waals surface area contributed by atoms with Gasteiger partial charge in [-0.05, 0) is 25.0 Å². The van der Waals surface area contributed by atoms with Crippen molar-refractivity contribution in [2.24, 2.45) is 0 Å². The van der Waals surface area contributed by atoms with Crippen LogP contribution in [-0.2, 0) is 0 Å². The standard InChI is InChI=1S/C14H21N5S/c1-2-5-15-12-10-19-7-6-16-14(19)13(18-12)17-9-11-4-3-8-20-11/h6-7,10-11,15H,2-5,8-9H2,1H3,(H,17,18). The smallest absolute Gasteiger partial charge is 0.180 e. The fourth-order valence-electron chi connectivity index (χ4n) is 2.40. The molecule has 5 nitrogen and oxygen atoms in total. The van der Waals surface area contributed by atoms with Gasteiger partial charge in [-0.2, -0.15) is 11.8 Å². The maximum Gasteiger partial charge on any atom is 0.180 e. The lowest BCUT2D eigenvalue weighted by Crippen LogP contribution is -2.16. The van der Waals surface area contributed by atoms with E-state index in [1.807, 2.05) is 23.0 Å². The Morgan fingerprint density at radius 1 is 1.45 bits per heavy atom. The van der Waals surface area contributed by atoms with Crippen LogP contribution in [0.4, 0.5) is 11.6 Å². The van der Waals surface area contributed by atoms with Crippen LogP contribution < -0.4 is 10.6 Å². The van der Waals surface area contributed by atoms with Crippen LogP contribution in [0.3, 0.4) is 0 Å². The third-order valence-electron chi connectivity index (χ3n) is 3.45. The number of hydrogen-bond acceptors (Lipinski definition) is 5. The Balaban J connectivity index is 1.77. The maximum atomic E-state index is 4.66. The highest BCUT2D eigenvalue weighted by Crippen LogP contribution is 2.26. The van der Waals surface area contributed by atoms with E-state index in [4.69, 9.17) is 0 Å². The van der Waals surface area contributed by atoms with Crippen LogP contribution in [0.15, 0.2) is 18.6 Å². The molecule has 0 aliphatic carbocycles. The first-order chi connectivity index (χ1) is 9.86. The molecule has 20 heavy (non-hydrogen) atoms. The molecule has 2 aromatic rings. The molecule has 1 saturated heterocycles. The third-order valence-corrected chi connectivity index (χ3v) is 4.85. The van der Waals surface area contributed by atoms with Crippen LogP contribution in [0.1, 0.15) is 26.2 Å². The topological polar surface area (TPSA) is 54.2 Å². The molecule has 3 rings (SSSR count). The number of nitrogens with one attached hydrogen (secondary N) is 2. The maximum absolute atomic E-state index is 4.66. The van der Waals surface area contributed by atoms with Gasteiger partial charge in [-0.25, -0.2) is 9.97 Å². The van der Waals surface area contributed by atoms with E-state index in [2.05, 4.69) is 39.3 Å². The molecule has 3 heterocycles. The molecule has 2 aromatic heterocycles. The molecule has 6 heteroatoms. The summed E-state index contributed by atoms with van der Waals surface area (Å²) in [6, 6.07) is 0. The van der Waals surface area contributed by atoms with Crippen molar-refractivity contribution < 1.29 is 0 Å². The summed E-state index contributed by atoms with van der Waals surface area (Å²) in [5, 5.41) is 7.52. The van der Waals surface area contributed by atoms with Gasteiger partial charge in [0.15, 0.2) is 11.5 Å². The normalized spacial score (nSPS) is 18.6. The first-order valence-corrected chi connectivity index (χ1v) is 8.34. The third kappa shape index (κ3) is 3.00. The van der Waals surface area contributed by atoms with Crippen molar-refractivity contribution in [1.82, 2.24) is 14.4 Å². The van der Waals surface area contributed by atoms with Gasteiger partial charge in [-0.1, -0.05) is 6.92 Å². The van der Waals surface area contributed by atoms with Crippen molar-refractivity contribution in [2.45, 2.75) is 31.4 Å². The predicted octanol–water partition coefficient (Wildman–Crippen LogP) is 2.86. The quantitative estimate of drug-likeness (QED) is 0.857. The molecule has 0 spiro atoms. The van der Waals surface area contributed by atoms with E-state index in [1.54, 1.807) is 0 Å². The largest absolute Gasteiger partial charge is 0.369 e. The van der Waals surface area contributed by atoms with Gasteiger partial charge >= 0.3 is 0 Å². The highest BCUT2D eigenvalue weighted by atomic mass is 32.2. The second-order valence-electron chi connectivity index (χ2n) is 5.08. The molecular weight excluding hydrogens is 270 g/mol. The Morgan fingerprint density at radius 2 is 2.40 bits per heavy atom. The Labute approximate surface area is 123 Å². The van der Waals surface area contributed by atoms with Crippen molar-refractivity contribution in [2.75, 3.05) is 29.5 Å². The molecule has 1 atom stereocenters. The molecule has 108 valence electrons. The number of hydrogen-bond donors (Lipinski definition) is 2. The molecule has 0 radical (unpaired) electrons. The first-order valence-electron chi connectivity index (χ1n) is 7.30. The minimum absolute atomic E-state index is 0.707. The molecule has 1 aliphatic rings. The van der Waals surface area contributed by atoms with Crippen molar-refractivity contribution in [3.63, 3.8) is 0 Å². The second kappa shape index (κ2) is 6.35. The Bertz CT molecular complexity index is 562. The minimum atomic E-state index is 0.707. The van der Waals surface area contributed by atoms with E-state index in [1.165, 1.54) is 18.6 Å². The Morgan fingerprint density at radius 3 is 3.20 bits per heavy atom. The number of thioether (sulfide) groups is 1. The number of aromatic nitrogens is 3. The van der Waals surface area contributed by atoms with Crippen molar-refractivity contribution in [3.05, 3.63) is 18.6 Å². The summed E-state index contributed by atoms with van der Waals surface area (Å²) in [5.74, 6) is 3.07. The summed E-state index contributed by atoms with van der Waals surface area (Å²) in [6.45, 7) is 4.06. The van der Waals surface area contributed by atoms with Crippen LogP contribution in [0.5, 0.6) is 0 Å². The van der Waals surface area contributed by atoms with E-state index in [0.717, 1.165) is 36.8 Å². The number of anilines is 2. The molecule has 0 amide bonds. The average Bonchev–Trinajstić information content (AvgIpc) is 3.13. The summed E-state index contributed by atoms with van der Waals surface area (Å²) in [4.78, 5) is 9.05. The van der Waals surface area contributed by atoms with Crippen molar-refractivity contribution >= 4 is 29.0 Å². The van der Waals surface area contributed by atoms with Gasteiger partial charge < -0.3 is 15.0 Å². The van der Waals surface area contributed by atoms with E-state index < -0.39 is 0 Å². The number of nitrogens with zero attached hydrogens (tertiary/aromatic N) is 3. The highest BCUT2D eigenvalue weighted by molar-refractivity contribution is 8.00. The zero-order chi connectivity index (χ0) is 13.8. The van der Waals surface area contributed by atoms with Gasteiger partial charge in [-0.15, -0.1) is 0 Å². The predicted molar refractivity (Wildman–Crippen MR) is 85.7 cm³/mol. The van der Waals surface area contributed by atoms with Crippen LogP contribution >= 0.6 is 11.8 Å². The summed E-state index contributed by atoms with van der Waals surface area (Å²) in [7, 11) is 0. The zero-order valence-corrected chi connectivity index (χ0v) is 12.6. The van der Waals surface area contributed by atoms with Crippen LogP contribution in [-0.4, -0.2) is 38.5 Å². The average molecular weight is 291 g/mol. The second-order valence-corrected chi connectivity index (χ2v) is 6.48. The van der Waals surface area contributed by atoms with Crippen molar-refractivity contribution in [1.29, 1.82) is 0 Å². The van der Waals surface area contributed by atoms with Gasteiger partial charge in [-0.3, -0.25) is 0 Å². The van der Waals surface area contributed by atoms with Crippen LogP contribution in [0, 0.1) is 0 Å². The fraction of sp³-hybridized carbons (Fsp3) is 0.571. The fourth-order valence-corrected chi connectivity index (χ4v) is 3.61. The molecular formula is C14H21N5S. The lowest BCUT2D eigenvalue weighted by atomic mass is 10.2. The Hall–Kier alpha value is -1.43. The van der Waals surface area contributed by atoms with Crippen molar-refractivity contribution in [3.8, 4) is 0 Å². The summed E-state index contributed by atoms with van der Waals surface area (Å²) in [5.41, 5.74) is 0.898. The zero-order valence-electron chi connectivity index (χ0n) is 11.8. The molecule has 0 saturated carbocycles. The number of rotatable bonds is 6. The Kier molecular flexibility index (Phi) is 4.30. The molecule has 1 unspecified atom stereocenters. The summed E-state index contributed by atoms with van der Waals surface area (Å²) in [6.07, 6.45) is 9.50. The van der Waals surface area contributed by atoms with E-state index in [-0.39, 0.29) is 0 Å². The lowest BCUT2D eigenvalue weighted by Gasteiger charge is -2.13. The summed E-state index contributed by atoms with van der Waals surface area (Å²) >= 11 is 2.05. The van der Waals surface area contributed by atoms with E-state index in [9.17, 15) is 0 Å². The molecule has 0 bridgehead atoms. The SMILES string of the molecule is CCCNc1cn2ccnc2c(NCC2CCCS2)n1. The minimum Gasteiger partial charge on any atom is -0.369 e. The van der Waals surface area contributed by atoms with E-state index >= 15 is 0 Å². The van der Waals surface area contributed by atoms with Crippen LogP contribution in [0.2, 0.25) is 0 Å². The summed E-state index contributed by atoms with van der Waals surface area (Å²) < 4.78 is 2.02. The monoisotopic (exact) mass is 291 g/mol. The van der Waals surface area contributed by atoms with Gasteiger partial charge in [0.1, 0.15) is 5.82 Å². The molecule has 1 fully saturated rings. The van der Waals surface area contributed by atoms with Gasteiger partial charge in [0.2, 0.25) is 0 Å².